The molecule has 0 aliphatic carbocycles. The SMILES string of the molecule is CCN(C)C(=O)C(C(C)C)C(F)F. The summed E-state index contributed by atoms with van der Waals surface area (Å²) in [4.78, 5) is 12.7. The van der Waals surface area contributed by atoms with Crippen LogP contribution in [-0.4, -0.2) is 30.8 Å². The van der Waals surface area contributed by atoms with Gasteiger partial charge >= 0.3 is 0 Å². The summed E-state index contributed by atoms with van der Waals surface area (Å²) < 4.78 is 24.9. The van der Waals surface area contributed by atoms with Crippen molar-refractivity contribution in [2.75, 3.05) is 13.6 Å². The fraction of sp³-hybridized carbons (Fsp3) is 0.889. The maximum absolute atomic E-state index is 12.4. The third-order valence-electron chi connectivity index (χ3n) is 2.13. The highest BCUT2D eigenvalue weighted by atomic mass is 19.3. The molecule has 0 saturated carbocycles. The standard InChI is InChI=1S/C9H17F2NO/c1-5-12(4)9(13)7(6(2)3)8(10)11/h6-8H,5H2,1-4H3. The van der Waals surface area contributed by atoms with E-state index in [2.05, 4.69) is 0 Å². The minimum atomic E-state index is -2.57. The molecule has 78 valence electrons. The van der Waals surface area contributed by atoms with E-state index in [1.165, 1.54) is 4.90 Å². The molecule has 0 aromatic carbocycles. The quantitative estimate of drug-likeness (QED) is 0.668. The maximum Gasteiger partial charge on any atom is 0.250 e. The molecule has 2 nitrogen and oxygen atoms in total. The summed E-state index contributed by atoms with van der Waals surface area (Å²) in [5.41, 5.74) is 0. The lowest BCUT2D eigenvalue weighted by Crippen LogP contribution is -2.38. The molecule has 0 heterocycles. The fourth-order valence-corrected chi connectivity index (χ4v) is 1.09. The predicted molar refractivity (Wildman–Crippen MR) is 47.6 cm³/mol. The Kier molecular flexibility index (Phi) is 4.88. The van der Waals surface area contributed by atoms with Crippen molar-refractivity contribution >= 4 is 5.91 Å². The summed E-state index contributed by atoms with van der Waals surface area (Å²) >= 11 is 0. The highest BCUT2D eigenvalue weighted by molar-refractivity contribution is 5.79. The minimum absolute atomic E-state index is 0.318. The van der Waals surface area contributed by atoms with E-state index in [4.69, 9.17) is 0 Å². The third-order valence-corrected chi connectivity index (χ3v) is 2.13. The van der Waals surface area contributed by atoms with Crippen LogP contribution in [0.25, 0.3) is 0 Å². The van der Waals surface area contributed by atoms with Gasteiger partial charge in [0.05, 0.1) is 0 Å². The molecule has 0 spiro atoms. The molecular weight excluding hydrogens is 176 g/mol. The van der Waals surface area contributed by atoms with Crippen LogP contribution in [0.2, 0.25) is 0 Å². The first kappa shape index (κ1) is 12.3. The van der Waals surface area contributed by atoms with E-state index in [1.54, 1.807) is 27.8 Å². The molecule has 1 atom stereocenters. The van der Waals surface area contributed by atoms with Crippen molar-refractivity contribution in [2.24, 2.45) is 11.8 Å². The number of carbonyl (C=O) groups excluding carboxylic acids is 1. The normalized spacial score (nSPS) is 13.5. The predicted octanol–water partition coefficient (Wildman–Crippen LogP) is 2.00. The van der Waals surface area contributed by atoms with Gasteiger partial charge in [-0.05, 0) is 12.8 Å². The second-order valence-corrected chi connectivity index (χ2v) is 3.46. The van der Waals surface area contributed by atoms with E-state index in [9.17, 15) is 13.6 Å². The molecule has 4 heteroatoms. The summed E-state index contributed by atoms with van der Waals surface area (Å²) in [6.45, 7) is 5.51. The molecule has 0 saturated heterocycles. The van der Waals surface area contributed by atoms with Crippen LogP contribution in [0.1, 0.15) is 20.8 Å². The van der Waals surface area contributed by atoms with E-state index in [0.717, 1.165) is 0 Å². The molecule has 0 aliphatic rings. The summed E-state index contributed by atoms with van der Waals surface area (Å²) in [5.74, 6) is -1.95. The van der Waals surface area contributed by atoms with Crippen LogP contribution < -0.4 is 0 Å². The van der Waals surface area contributed by atoms with Crippen LogP contribution in [0, 0.1) is 11.8 Å². The first-order chi connectivity index (χ1) is 5.91. The molecule has 0 fully saturated rings. The highest BCUT2D eigenvalue weighted by Gasteiger charge is 2.32. The lowest BCUT2D eigenvalue weighted by Gasteiger charge is -2.24. The van der Waals surface area contributed by atoms with E-state index in [0.29, 0.717) is 6.54 Å². The summed E-state index contributed by atoms with van der Waals surface area (Å²) in [6, 6.07) is 0. The second-order valence-electron chi connectivity index (χ2n) is 3.46. The Morgan fingerprint density at radius 3 is 2.08 bits per heavy atom. The Labute approximate surface area is 77.9 Å². The smallest absolute Gasteiger partial charge is 0.250 e. The summed E-state index contributed by atoms with van der Waals surface area (Å²) in [6.07, 6.45) is -2.57. The van der Waals surface area contributed by atoms with E-state index in [-0.39, 0.29) is 5.92 Å². The first-order valence-corrected chi connectivity index (χ1v) is 4.44. The van der Waals surface area contributed by atoms with Crippen LogP contribution in [-0.2, 0) is 4.79 Å². The molecular formula is C9H17F2NO. The summed E-state index contributed by atoms with van der Waals surface area (Å²) in [7, 11) is 1.54. The zero-order valence-electron chi connectivity index (χ0n) is 8.55. The monoisotopic (exact) mass is 193 g/mol. The van der Waals surface area contributed by atoms with E-state index in [1.807, 2.05) is 0 Å². The van der Waals surface area contributed by atoms with Gasteiger partial charge < -0.3 is 4.90 Å². The van der Waals surface area contributed by atoms with Crippen molar-refractivity contribution in [3.8, 4) is 0 Å². The van der Waals surface area contributed by atoms with Crippen LogP contribution in [0.5, 0.6) is 0 Å². The Balaban J connectivity index is 4.46. The van der Waals surface area contributed by atoms with Gasteiger partial charge in [-0.1, -0.05) is 13.8 Å². The molecule has 0 N–H and O–H groups in total. The number of hydrogen-bond donors (Lipinski definition) is 0. The van der Waals surface area contributed by atoms with Gasteiger partial charge in [0.2, 0.25) is 12.3 Å². The molecule has 0 aliphatic heterocycles. The number of nitrogens with zero attached hydrogens (tertiary/aromatic N) is 1. The molecule has 0 aromatic heterocycles. The van der Waals surface area contributed by atoms with Gasteiger partial charge in [0.25, 0.3) is 0 Å². The Bertz CT molecular complexity index is 163. The topological polar surface area (TPSA) is 20.3 Å². The van der Waals surface area contributed by atoms with Gasteiger partial charge in [-0.15, -0.1) is 0 Å². The van der Waals surface area contributed by atoms with Crippen molar-refractivity contribution in [3.63, 3.8) is 0 Å². The molecule has 13 heavy (non-hydrogen) atoms. The Hall–Kier alpha value is -0.670. The van der Waals surface area contributed by atoms with Crippen molar-refractivity contribution in [2.45, 2.75) is 27.2 Å². The van der Waals surface area contributed by atoms with Crippen LogP contribution in [0.3, 0.4) is 0 Å². The highest BCUT2D eigenvalue weighted by Crippen LogP contribution is 2.21. The average molecular weight is 193 g/mol. The zero-order chi connectivity index (χ0) is 10.6. The lowest BCUT2D eigenvalue weighted by atomic mass is 9.95. The number of amides is 1. The lowest BCUT2D eigenvalue weighted by molar-refractivity contribution is -0.141. The molecule has 0 radical (unpaired) electrons. The second kappa shape index (κ2) is 5.14. The van der Waals surface area contributed by atoms with Crippen LogP contribution in [0.4, 0.5) is 8.78 Å². The minimum Gasteiger partial charge on any atom is -0.346 e. The van der Waals surface area contributed by atoms with Crippen molar-refractivity contribution in [1.29, 1.82) is 0 Å². The molecule has 0 rings (SSSR count). The number of hydrogen-bond acceptors (Lipinski definition) is 1. The third kappa shape index (κ3) is 3.28. The van der Waals surface area contributed by atoms with Crippen molar-refractivity contribution < 1.29 is 13.6 Å². The number of halogens is 2. The van der Waals surface area contributed by atoms with Gasteiger partial charge in [0.1, 0.15) is 5.92 Å². The fourth-order valence-electron chi connectivity index (χ4n) is 1.09. The first-order valence-electron chi connectivity index (χ1n) is 4.44. The number of rotatable bonds is 4. The number of alkyl halides is 2. The molecule has 0 bridgehead atoms. The van der Waals surface area contributed by atoms with Gasteiger partial charge in [0.15, 0.2) is 0 Å². The van der Waals surface area contributed by atoms with Crippen molar-refractivity contribution in [1.82, 2.24) is 4.90 Å². The average Bonchev–Trinajstić information content (AvgIpc) is 2.01. The number of carbonyl (C=O) groups is 1. The van der Waals surface area contributed by atoms with Crippen molar-refractivity contribution in [3.05, 3.63) is 0 Å². The maximum atomic E-state index is 12.4. The van der Waals surface area contributed by atoms with Gasteiger partial charge in [-0.25, -0.2) is 8.78 Å². The van der Waals surface area contributed by atoms with E-state index >= 15 is 0 Å². The van der Waals surface area contributed by atoms with Crippen LogP contribution in [0.15, 0.2) is 0 Å². The molecule has 1 amide bonds. The van der Waals surface area contributed by atoms with Gasteiger partial charge in [0, 0.05) is 13.6 Å². The molecule has 0 aromatic rings. The molecule has 1 unspecified atom stereocenters. The largest absolute Gasteiger partial charge is 0.346 e. The van der Waals surface area contributed by atoms with E-state index < -0.39 is 18.3 Å². The van der Waals surface area contributed by atoms with Gasteiger partial charge in [-0.2, -0.15) is 0 Å². The summed E-state index contributed by atoms with van der Waals surface area (Å²) in [5, 5.41) is 0. The Morgan fingerprint density at radius 2 is 1.85 bits per heavy atom. The Morgan fingerprint density at radius 1 is 1.38 bits per heavy atom. The van der Waals surface area contributed by atoms with Crippen LogP contribution >= 0.6 is 0 Å². The zero-order valence-corrected chi connectivity index (χ0v) is 8.55. The van der Waals surface area contributed by atoms with Gasteiger partial charge in [-0.3, -0.25) is 4.79 Å².